The summed E-state index contributed by atoms with van der Waals surface area (Å²) in [6.07, 6.45) is -3.32. The monoisotopic (exact) mass is 563 g/mol. The second kappa shape index (κ2) is 11.3. The van der Waals surface area contributed by atoms with E-state index < -0.39 is 33.7 Å². The minimum atomic E-state index is -4.69. The van der Waals surface area contributed by atoms with Gasteiger partial charge in [-0.15, -0.1) is 0 Å². The third kappa shape index (κ3) is 5.87. The molecule has 2 N–H and O–H groups in total. The predicted molar refractivity (Wildman–Crippen MR) is 144 cm³/mol. The van der Waals surface area contributed by atoms with Crippen LogP contribution < -0.4 is 15.4 Å². The van der Waals surface area contributed by atoms with Crippen molar-refractivity contribution in [2.75, 3.05) is 18.4 Å². The van der Waals surface area contributed by atoms with Crippen molar-refractivity contribution < 1.29 is 27.6 Å². The van der Waals surface area contributed by atoms with Crippen molar-refractivity contribution >= 4 is 23.0 Å². The van der Waals surface area contributed by atoms with Crippen LogP contribution in [0.15, 0.2) is 85.2 Å². The van der Waals surface area contributed by atoms with Crippen molar-refractivity contribution in [3.8, 4) is 5.75 Å². The van der Waals surface area contributed by atoms with Gasteiger partial charge in [-0.25, -0.2) is 9.97 Å². The first kappa shape index (κ1) is 27.7. The fraction of sp³-hybridized carbons (Fsp3) is 0.207. The topological polar surface area (TPSA) is 119 Å². The maximum Gasteiger partial charge on any atom is 0.419 e. The molecular formula is C29H24F3N5O4. The lowest BCUT2D eigenvalue weighted by molar-refractivity contribution is -0.386. The minimum Gasteiger partial charge on any atom is -0.480 e. The van der Waals surface area contributed by atoms with Gasteiger partial charge in [-0.3, -0.25) is 14.9 Å². The number of nitrogens with zero attached hydrogens (tertiary/aromatic N) is 3. The highest BCUT2D eigenvalue weighted by Crippen LogP contribution is 2.45. The van der Waals surface area contributed by atoms with Crippen LogP contribution >= 0.6 is 0 Å². The molecule has 0 unspecified atom stereocenters. The molecule has 0 spiro atoms. The van der Waals surface area contributed by atoms with Crippen LogP contribution in [0.25, 0.3) is 0 Å². The quantitative estimate of drug-likeness (QED) is 0.151. The molecule has 41 heavy (non-hydrogen) atoms. The number of anilines is 2. The first-order chi connectivity index (χ1) is 19.7. The van der Waals surface area contributed by atoms with Crippen molar-refractivity contribution in [3.63, 3.8) is 0 Å². The lowest BCUT2D eigenvalue weighted by Crippen LogP contribution is -2.45. The average Bonchev–Trinajstić information content (AvgIpc) is 2.97. The molecule has 0 aliphatic carbocycles. The molecule has 4 aromatic rings. The van der Waals surface area contributed by atoms with Gasteiger partial charge in [-0.05, 0) is 49.5 Å². The van der Waals surface area contributed by atoms with E-state index in [-0.39, 0.29) is 30.1 Å². The number of hydrogen-bond acceptors (Lipinski definition) is 8. The maximum absolute atomic E-state index is 13.8. The highest BCUT2D eigenvalue weighted by molar-refractivity contribution is 6.09. The molecule has 0 radical (unpaired) electrons. The summed E-state index contributed by atoms with van der Waals surface area (Å²) in [5.41, 5.74) is -1.81. The third-order valence-electron chi connectivity index (χ3n) is 6.79. The number of carbonyl (C=O) groups excluding carboxylic acids is 1. The summed E-state index contributed by atoms with van der Waals surface area (Å²) >= 11 is 0. The van der Waals surface area contributed by atoms with E-state index in [0.717, 1.165) is 12.4 Å². The van der Waals surface area contributed by atoms with E-state index in [4.69, 9.17) is 4.74 Å². The molecule has 3 aromatic carbocycles. The van der Waals surface area contributed by atoms with Gasteiger partial charge in [-0.1, -0.05) is 42.5 Å². The van der Waals surface area contributed by atoms with Crippen LogP contribution in [-0.2, 0) is 11.8 Å². The number of ketones is 1. The first-order valence-corrected chi connectivity index (χ1v) is 12.7. The predicted octanol–water partition coefficient (Wildman–Crippen LogP) is 6.04. The fourth-order valence-electron chi connectivity index (χ4n) is 4.79. The van der Waals surface area contributed by atoms with E-state index >= 15 is 0 Å². The van der Waals surface area contributed by atoms with E-state index in [1.165, 1.54) is 18.2 Å². The zero-order valence-electron chi connectivity index (χ0n) is 21.5. The number of nitrogens with one attached hydrogen (secondary N) is 2. The number of benzene rings is 3. The Bertz CT molecular complexity index is 1560. The molecule has 2 heterocycles. The summed E-state index contributed by atoms with van der Waals surface area (Å²) in [7, 11) is 0. The standard InChI is InChI=1S/C29H24F3N5O4/c30-29(31,32)22-8-4-5-9-23(22)41-28(14-16-33-17-15-28)26-24(37(39)40)27(35-18-34-26)36-21-12-10-20(11-13-21)25(38)19-6-2-1-3-7-19/h1-13,18,33H,14-17H2,(H,34,35,36). The Kier molecular flexibility index (Phi) is 7.66. The van der Waals surface area contributed by atoms with Crippen molar-refractivity contribution in [2.45, 2.75) is 24.6 Å². The van der Waals surface area contributed by atoms with Crippen LogP contribution in [0.3, 0.4) is 0 Å². The van der Waals surface area contributed by atoms with Crippen LogP contribution in [0.4, 0.5) is 30.4 Å². The van der Waals surface area contributed by atoms with Crippen LogP contribution in [-0.4, -0.2) is 33.8 Å². The lowest BCUT2D eigenvalue weighted by atomic mass is 9.87. The fourth-order valence-corrected chi connectivity index (χ4v) is 4.79. The number of halogens is 3. The van der Waals surface area contributed by atoms with Crippen molar-refractivity contribution in [1.82, 2.24) is 15.3 Å². The summed E-state index contributed by atoms with van der Waals surface area (Å²) in [5, 5.41) is 18.4. The molecule has 0 bridgehead atoms. The Morgan fingerprint density at radius 3 is 2.22 bits per heavy atom. The molecule has 1 saturated heterocycles. The Balaban J connectivity index is 1.50. The Morgan fingerprint density at radius 1 is 0.927 bits per heavy atom. The highest BCUT2D eigenvalue weighted by Gasteiger charge is 2.46. The molecule has 0 atom stereocenters. The second-order valence-corrected chi connectivity index (χ2v) is 9.41. The molecule has 1 aliphatic rings. The number of rotatable bonds is 8. The minimum absolute atomic E-state index is 0.130. The van der Waals surface area contributed by atoms with Gasteiger partial charge in [0.15, 0.2) is 17.1 Å². The molecule has 1 fully saturated rings. The molecule has 0 saturated carbocycles. The zero-order chi connectivity index (χ0) is 29.0. The molecule has 9 nitrogen and oxygen atoms in total. The summed E-state index contributed by atoms with van der Waals surface area (Å²) in [4.78, 5) is 32.7. The summed E-state index contributed by atoms with van der Waals surface area (Å²) < 4.78 is 47.3. The van der Waals surface area contributed by atoms with Gasteiger partial charge in [-0.2, -0.15) is 13.2 Å². The van der Waals surface area contributed by atoms with Crippen LogP contribution in [0, 0.1) is 10.1 Å². The number of aromatic nitrogens is 2. The maximum atomic E-state index is 13.8. The van der Waals surface area contributed by atoms with Crippen LogP contribution in [0.2, 0.25) is 0 Å². The van der Waals surface area contributed by atoms with E-state index in [1.54, 1.807) is 54.6 Å². The summed E-state index contributed by atoms with van der Waals surface area (Å²) in [5.74, 6) is -0.785. The molecule has 210 valence electrons. The normalized spacial score (nSPS) is 14.7. The zero-order valence-corrected chi connectivity index (χ0v) is 21.5. The van der Waals surface area contributed by atoms with E-state index in [0.29, 0.717) is 29.9 Å². The van der Waals surface area contributed by atoms with Crippen molar-refractivity contribution in [1.29, 1.82) is 0 Å². The van der Waals surface area contributed by atoms with Gasteiger partial charge in [0.05, 0.1) is 10.5 Å². The van der Waals surface area contributed by atoms with Crippen LogP contribution in [0.1, 0.15) is 40.0 Å². The van der Waals surface area contributed by atoms with Crippen molar-refractivity contribution in [2.24, 2.45) is 0 Å². The van der Waals surface area contributed by atoms with E-state index in [1.807, 2.05) is 0 Å². The van der Waals surface area contributed by atoms with Gasteiger partial charge in [0, 0.05) is 29.7 Å². The summed E-state index contributed by atoms with van der Waals surface area (Å²) in [6.45, 7) is 0.685. The number of para-hydroxylation sites is 1. The molecule has 1 aliphatic heterocycles. The number of hydrogen-bond donors (Lipinski definition) is 2. The SMILES string of the molecule is O=C(c1ccccc1)c1ccc(Nc2ncnc(C3(Oc4ccccc4C(F)(F)F)CCNCC3)c2[N+](=O)[O-])cc1. The largest absolute Gasteiger partial charge is 0.480 e. The number of alkyl halides is 3. The Morgan fingerprint density at radius 2 is 1.56 bits per heavy atom. The van der Waals surface area contributed by atoms with Crippen molar-refractivity contribution in [3.05, 3.63) is 118 Å². The van der Waals surface area contributed by atoms with Gasteiger partial charge >= 0.3 is 11.9 Å². The van der Waals surface area contributed by atoms with E-state index in [2.05, 4.69) is 20.6 Å². The number of carbonyl (C=O) groups is 1. The van der Waals surface area contributed by atoms with Gasteiger partial charge in [0.1, 0.15) is 12.1 Å². The molecular weight excluding hydrogens is 539 g/mol. The Labute approximate surface area is 232 Å². The smallest absolute Gasteiger partial charge is 0.419 e. The molecule has 5 rings (SSSR count). The highest BCUT2D eigenvalue weighted by atomic mass is 19.4. The first-order valence-electron chi connectivity index (χ1n) is 12.7. The van der Waals surface area contributed by atoms with Gasteiger partial charge in [0.2, 0.25) is 5.82 Å². The van der Waals surface area contributed by atoms with Crippen LogP contribution in [0.5, 0.6) is 5.75 Å². The molecule has 0 amide bonds. The second-order valence-electron chi connectivity index (χ2n) is 9.41. The molecule has 1 aromatic heterocycles. The number of nitro groups is 1. The lowest BCUT2D eigenvalue weighted by Gasteiger charge is -2.37. The number of piperidine rings is 1. The average molecular weight is 564 g/mol. The van der Waals surface area contributed by atoms with E-state index in [9.17, 15) is 28.1 Å². The Hall–Kier alpha value is -4.84. The van der Waals surface area contributed by atoms with Gasteiger partial charge < -0.3 is 15.4 Å². The molecule has 12 heteroatoms. The number of ether oxygens (including phenoxy) is 1. The summed E-state index contributed by atoms with van der Waals surface area (Å²) in [6, 6.07) is 19.8. The van der Waals surface area contributed by atoms with Gasteiger partial charge in [0.25, 0.3) is 0 Å². The third-order valence-corrected chi connectivity index (χ3v) is 6.79.